The first-order valence-corrected chi connectivity index (χ1v) is 7.88. The first-order valence-electron chi connectivity index (χ1n) is 7.88. The number of aromatic amines is 1. The number of hydrogen-bond acceptors (Lipinski definition) is 3. The molecule has 5 nitrogen and oxygen atoms in total. The first kappa shape index (κ1) is 15.9. The van der Waals surface area contributed by atoms with E-state index in [2.05, 4.69) is 11.9 Å². The highest BCUT2D eigenvalue weighted by molar-refractivity contribution is 5.83. The Morgan fingerprint density at radius 3 is 2.62 bits per heavy atom. The van der Waals surface area contributed by atoms with E-state index in [0.29, 0.717) is 11.1 Å². The predicted octanol–water partition coefficient (Wildman–Crippen LogP) is 3.90. The van der Waals surface area contributed by atoms with E-state index in [4.69, 9.17) is 0 Å². The number of nitro groups is 1. The van der Waals surface area contributed by atoms with Crippen LogP contribution < -0.4 is 5.56 Å². The standard InChI is InChI=1S/C19H18N2O3/c1-3-13-8-9-15-12(2)16(19(22)20-17(15)10-13)11-14-6-4-5-7-18(14)21(23)24/h4-10H,3,11H2,1-2H3,(H,20,22). The van der Waals surface area contributed by atoms with Gasteiger partial charge in [-0.15, -0.1) is 0 Å². The van der Waals surface area contributed by atoms with Crippen LogP contribution >= 0.6 is 0 Å². The van der Waals surface area contributed by atoms with Crippen LogP contribution in [0.2, 0.25) is 0 Å². The summed E-state index contributed by atoms with van der Waals surface area (Å²) in [6.45, 7) is 3.96. The van der Waals surface area contributed by atoms with Gasteiger partial charge in [0.05, 0.1) is 4.92 Å². The molecule has 24 heavy (non-hydrogen) atoms. The van der Waals surface area contributed by atoms with E-state index in [9.17, 15) is 14.9 Å². The number of benzene rings is 2. The molecular formula is C19H18N2O3. The Hall–Kier alpha value is -2.95. The highest BCUT2D eigenvalue weighted by Crippen LogP contribution is 2.24. The van der Waals surface area contributed by atoms with Crippen molar-refractivity contribution in [2.24, 2.45) is 0 Å². The number of nitrogens with one attached hydrogen (secondary N) is 1. The minimum atomic E-state index is -0.409. The number of nitro benzene ring substituents is 1. The highest BCUT2D eigenvalue weighted by atomic mass is 16.6. The number of rotatable bonds is 4. The van der Waals surface area contributed by atoms with Crippen LogP contribution in [0.4, 0.5) is 5.69 Å². The van der Waals surface area contributed by atoms with Crippen molar-refractivity contribution in [1.82, 2.24) is 4.98 Å². The van der Waals surface area contributed by atoms with E-state index >= 15 is 0 Å². The molecule has 2 aromatic carbocycles. The van der Waals surface area contributed by atoms with Gasteiger partial charge >= 0.3 is 0 Å². The number of fused-ring (bicyclic) bond motifs is 1. The average Bonchev–Trinajstić information content (AvgIpc) is 2.58. The number of aryl methyl sites for hydroxylation is 2. The van der Waals surface area contributed by atoms with Gasteiger partial charge in [-0.05, 0) is 30.5 Å². The fraction of sp³-hybridized carbons (Fsp3) is 0.211. The van der Waals surface area contributed by atoms with E-state index in [1.54, 1.807) is 18.2 Å². The molecular weight excluding hydrogens is 304 g/mol. The van der Waals surface area contributed by atoms with Crippen LogP contribution in [-0.2, 0) is 12.8 Å². The normalized spacial score (nSPS) is 10.9. The van der Waals surface area contributed by atoms with Crippen LogP contribution in [0.25, 0.3) is 10.9 Å². The van der Waals surface area contributed by atoms with E-state index in [-0.39, 0.29) is 17.7 Å². The first-order chi connectivity index (χ1) is 11.5. The summed E-state index contributed by atoms with van der Waals surface area (Å²) in [5, 5.41) is 12.2. The molecule has 5 heteroatoms. The molecule has 0 spiro atoms. The van der Waals surface area contributed by atoms with Crippen LogP contribution in [0, 0.1) is 17.0 Å². The van der Waals surface area contributed by atoms with Crippen molar-refractivity contribution < 1.29 is 4.92 Å². The van der Waals surface area contributed by atoms with Gasteiger partial charge in [0.25, 0.3) is 11.2 Å². The summed E-state index contributed by atoms with van der Waals surface area (Å²) in [7, 11) is 0. The van der Waals surface area contributed by atoms with Gasteiger partial charge < -0.3 is 4.98 Å². The van der Waals surface area contributed by atoms with Crippen molar-refractivity contribution in [3.63, 3.8) is 0 Å². The van der Waals surface area contributed by atoms with Crippen molar-refractivity contribution in [3.05, 3.63) is 85.2 Å². The van der Waals surface area contributed by atoms with Crippen molar-refractivity contribution in [1.29, 1.82) is 0 Å². The minimum Gasteiger partial charge on any atom is -0.322 e. The van der Waals surface area contributed by atoms with Crippen molar-refractivity contribution >= 4 is 16.6 Å². The van der Waals surface area contributed by atoms with Gasteiger partial charge in [-0.1, -0.05) is 37.3 Å². The van der Waals surface area contributed by atoms with Crippen LogP contribution in [0.15, 0.2) is 47.3 Å². The zero-order chi connectivity index (χ0) is 17.3. The third-order valence-electron chi connectivity index (χ3n) is 4.43. The molecule has 1 N–H and O–H groups in total. The largest absolute Gasteiger partial charge is 0.322 e. The van der Waals surface area contributed by atoms with Crippen molar-refractivity contribution in [2.75, 3.05) is 0 Å². The lowest BCUT2D eigenvalue weighted by Crippen LogP contribution is -2.16. The van der Waals surface area contributed by atoms with Gasteiger partial charge in [-0.3, -0.25) is 14.9 Å². The van der Waals surface area contributed by atoms with Crippen LogP contribution in [0.3, 0.4) is 0 Å². The van der Waals surface area contributed by atoms with Crippen LogP contribution in [-0.4, -0.2) is 9.91 Å². The Balaban J connectivity index is 2.14. The lowest BCUT2D eigenvalue weighted by molar-refractivity contribution is -0.385. The third kappa shape index (κ3) is 2.80. The molecule has 0 unspecified atom stereocenters. The van der Waals surface area contributed by atoms with E-state index < -0.39 is 4.92 Å². The van der Waals surface area contributed by atoms with Crippen LogP contribution in [0.5, 0.6) is 0 Å². The maximum absolute atomic E-state index is 12.5. The minimum absolute atomic E-state index is 0.0396. The molecule has 3 rings (SSSR count). The lowest BCUT2D eigenvalue weighted by atomic mass is 9.97. The molecule has 122 valence electrons. The van der Waals surface area contributed by atoms with Gasteiger partial charge in [0, 0.05) is 34.5 Å². The molecule has 0 aliphatic rings. The van der Waals surface area contributed by atoms with E-state index in [1.807, 2.05) is 25.1 Å². The third-order valence-corrected chi connectivity index (χ3v) is 4.43. The Morgan fingerprint density at radius 1 is 1.17 bits per heavy atom. The average molecular weight is 322 g/mol. The number of H-pyrrole nitrogens is 1. The zero-order valence-electron chi connectivity index (χ0n) is 13.6. The van der Waals surface area contributed by atoms with E-state index in [1.165, 1.54) is 6.07 Å². The molecule has 1 aromatic heterocycles. The Bertz CT molecular complexity index is 990. The van der Waals surface area contributed by atoms with E-state index in [0.717, 1.165) is 28.5 Å². The SMILES string of the molecule is CCc1ccc2c(C)c(Cc3ccccc3[N+](=O)[O-])c(=O)[nH]c2c1. The molecule has 0 aliphatic carbocycles. The molecule has 0 saturated heterocycles. The second-order valence-corrected chi connectivity index (χ2v) is 5.85. The lowest BCUT2D eigenvalue weighted by Gasteiger charge is -2.10. The number of nitrogens with zero attached hydrogens (tertiary/aromatic N) is 1. The summed E-state index contributed by atoms with van der Waals surface area (Å²) in [4.78, 5) is 26.2. The highest BCUT2D eigenvalue weighted by Gasteiger charge is 2.16. The molecule has 1 heterocycles. The fourth-order valence-electron chi connectivity index (χ4n) is 3.01. The smallest absolute Gasteiger partial charge is 0.272 e. The number of aromatic nitrogens is 1. The summed E-state index contributed by atoms with van der Waals surface area (Å²) >= 11 is 0. The molecule has 0 aliphatic heterocycles. The predicted molar refractivity (Wildman–Crippen MR) is 94.6 cm³/mol. The van der Waals surface area contributed by atoms with Gasteiger partial charge in [0.15, 0.2) is 0 Å². The molecule has 0 bridgehead atoms. The molecule has 0 amide bonds. The monoisotopic (exact) mass is 322 g/mol. The van der Waals surface area contributed by atoms with Gasteiger partial charge in [0.2, 0.25) is 0 Å². The second kappa shape index (κ2) is 6.28. The molecule has 0 radical (unpaired) electrons. The fourth-order valence-corrected chi connectivity index (χ4v) is 3.01. The molecule has 3 aromatic rings. The summed E-state index contributed by atoms with van der Waals surface area (Å²) < 4.78 is 0. The zero-order valence-corrected chi connectivity index (χ0v) is 13.6. The topological polar surface area (TPSA) is 76.0 Å². The second-order valence-electron chi connectivity index (χ2n) is 5.85. The number of para-hydroxylation sites is 1. The van der Waals surface area contributed by atoms with Gasteiger partial charge in [-0.25, -0.2) is 0 Å². The summed E-state index contributed by atoms with van der Waals surface area (Å²) in [6, 6.07) is 12.6. The Kier molecular flexibility index (Phi) is 4.16. The van der Waals surface area contributed by atoms with Crippen molar-refractivity contribution in [3.8, 4) is 0 Å². The van der Waals surface area contributed by atoms with Crippen molar-refractivity contribution in [2.45, 2.75) is 26.7 Å². The quantitative estimate of drug-likeness (QED) is 0.584. The Labute approximate surface area is 139 Å². The Morgan fingerprint density at radius 2 is 1.92 bits per heavy atom. The van der Waals surface area contributed by atoms with Gasteiger partial charge in [0.1, 0.15) is 0 Å². The maximum atomic E-state index is 12.5. The number of pyridine rings is 1. The summed E-state index contributed by atoms with van der Waals surface area (Å²) in [5.74, 6) is 0. The number of hydrogen-bond donors (Lipinski definition) is 1. The molecule has 0 fully saturated rings. The molecule has 0 saturated carbocycles. The molecule has 0 atom stereocenters. The maximum Gasteiger partial charge on any atom is 0.272 e. The summed E-state index contributed by atoms with van der Waals surface area (Å²) in [5.41, 5.74) is 3.80. The van der Waals surface area contributed by atoms with Crippen LogP contribution in [0.1, 0.15) is 29.2 Å². The summed E-state index contributed by atoms with van der Waals surface area (Å²) in [6.07, 6.45) is 1.14. The van der Waals surface area contributed by atoms with Gasteiger partial charge in [-0.2, -0.15) is 0 Å².